The molecular formula is C17H13N4O6-. The first-order valence-corrected chi connectivity index (χ1v) is 7.82. The third-order valence-corrected chi connectivity index (χ3v) is 4.10. The van der Waals surface area contributed by atoms with E-state index in [9.17, 15) is 30.1 Å². The summed E-state index contributed by atoms with van der Waals surface area (Å²) in [4.78, 5) is 35.0. The van der Waals surface area contributed by atoms with Gasteiger partial charge in [-0.3, -0.25) is 20.2 Å². The molecule has 0 radical (unpaired) electrons. The predicted octanol–water partition coefficient (Wildman–Crippen LogP) is 1.76. The number of fused-ring (bicyclic) bond motifs is 1. The van der Waals surface area contributed by atoms with Crippen molar-refractivity contribution < 1.29 is 19.7 Å². The van der Waals surface area contributed by atoms with Crippen LogP contribution in [-0.2, 0) is 11.2 Å². The molecule has 1 heterocycles. The van der Waals surface area contributed by atoms with E-state index in [1.807, 2.05) is 24.3 Å². The quantitative estimate of drug-likeness (QED) is 0.475. The Labute approximate surface area is 151 Å². The van der Waals surface area contributed by atoms with E-state index in [2.05, 4.69) is 10.3 Å². The number of hydrogen-bond donors (Lipinski definition) is 2. The number of nitrogens with one attached hydrogen (secondary N) is 2. The number of para-hydroxylation sites is 1. The van der Waals surface area contributed by atoms with Crippen LogP contribution in [0.5, 0.6) is 0 Å². The summed E-state index contributed by atoms with van der Waals surface area (Å²) in [6.07, 6.45) is 1.66. The standard InChI is InChI=1S/C17H14N4O6/c22-17(23)15(7-10-9-18-13-4-2-1-3-12(10)13)19-14-6-5-11(20(24)25)8-16(14)21(26)27/h1-6,8-9,15,18-19H,7H2,(H,22,23)/p-1/t15-/m0/s1. The number of rotatable bonds is 7. The molecule has 0 amide bonds. The Morgan fingerprint density at radius 2 is 1.85 bits per heavy atom. The van der Waals surface area contributed by atoms with Crippen molar-refractivity contribution in [3.05, 3.63) is 74.5 Å². The molecule has 0 saturated heterocycles. The first-order chi connectivity index (χ1) is 12.9. The second-order valence-electron chi connectivity index (χ2n) is 5.80. The zero-order valence-electron chi connectivity index (χ0n) is 13.7. The maximum atomic E-state index is 11.6. The summed E-state index contributed by atoms with van der Waals surface area (Å²) in [5.74, 6) is -1.45. The number of aromatic amines is 1. The van der Waals surface area contributed by atoms with Crippen LogP contribution in [0.4, 0.5) is 17.1 Å². The van der Waals surface area contributed by atoms with Gasteiger partial charge in [-0.2, -0.15) is 0 Å². The normalized spacial score (nSPS) is 11.9. The van der Waals surface area contributed by atoms with Crippen molar-refractivity contribution in [3.63, 3.8) is 0 Å². The monoisotopic (exact) mass is 369 g/mol. The number of carboxylic acids is 1. The van der Waals surface area contributed by atoms with Crippen molar-refractivity contribution in [2.75, 3.05) is 5.32 Å². The minimum atomic E-state index is -1.45. The number of aliphatic carboxylic acids is 1. The van der Waals surface area contributed by atoms with Gasteiger partial charge in [-0.05, 0) is 17.7 Å². The third-order valence-electron chi connectivity index (χ3n) is 4.10. The molecule has 27 heavy (non-hydrogen) atoms. The molecule has 0 bridgehead atoms. The highest BCUT2D eigenvalue weighted by molar-refractivity contribution is 5.85. The molecule has 1 aromatic heterocycles. The highest BCUT2D eigenvalue weighted by Gasteiger charge is 2.22. The number of H-pyrrole nitrogens is 1. The van der Waals surface area contributed by atoms with E-state index in [-0.39, 0.29) is 12.1 Å². The van der Waals surface area contributed by atoms with E-state index in [4.69, 9.17) is 0 Å². The SMILES string of the molecule is O=C([O-])[C@H](Cc1c[nH]c2ccccc12)Nc1ccc([N+](=O)[O-])cc1[N+](=O)[O-]. The number of carboxylic acid groups (broad SMARTS) is 1. The Bertz CT molecular complexity index is 1040. The molecule has 3 rings (SSSR count). The number of nitro groups is 2. The number of nitrogens with zero attached hydrogens (tertiary/aromatic N) is 2. The van der Waals surface area contributed by atoms with Crippen molar-refractivity contribution in [2.24, 2.45) is 0 Å². The summed E-state index contributed by atoms with van der Waals surface area (Å²) >= 11 is 0. The Kier molecular flexibility index (Phi) is 4.71. The maximum absolute atomic E-state index is 11.6. The molecule has 2 aromatic carbocycles. The van der Waals surface area contributed by atoms with Crippen molar-refractivity contribution in [3.8, 4) is 0 Å². The summed E-state index contributed by atoms with van der Waals surface area (Å²) in [7, 11) is 0. The van der Waals surface area contributed by atoms with E-state index in [0.29, 0.717) is 5.56 Å². The average Bonchev–Trinajstić information content (AvgIpc) is 3.04. The van der Waals surface area contributed by atoms with E-state index in [1.54, 1.807) is 6.20 Å². The number of carbonyl (C=O) groups excluding carboxylic acids is 1. The third kappa shape index (κ3) is 3.68. The van der Waals surface area contributed by atoms with Crippen molar-refractivity contribution >= 4 is 33.9 Å². The van der Waals surface area contributed by atoms with Gasteiger partial charge in [-0.1, -0.05) is 18.2 Å². The van der Waals surface area contributed by atoms with Gasteiger partial charge in [0.05, 0.1) is 27.9 Å². The second kappa shape index (κ2) is 7.12. The van der Waals surface area contributed by atoms with E-state index in [1.165, 1.54) is 0 Å². The Morgan fingerprint density at radius 1 is 1.11 bits per heavy atom. The Morgan fingerprint density at radius 3 is 2.52 bits per heavy atom. The van der Waals surface area contributed by atoms with Crippen LogP contribution >= 0.6 is 0 Å². The molecule has 0 aliphatic rings. The molecule has 10 nitrogen and oxygen atoms in total. The first kappa shape index (κ1) is 17.9. The fourth-order valence-corrected chi connectivity index (χ4v) is 2.81. The van der Waals surface area contributed by atoms with Gasteiger partial charge < -0.3 is 20.2 Å². The zero-order valence-corrected chi connectivity index (χ0v) is 13.7. The number of carbonyl (C=O) groups is 1. The minimum Gasteiger partial charge on any atom is -0.548 e. The molecule has 0 saturated carbocycles. The van der Waals surface area contributed by atoms with E-state index >= 15 is 0 Å². The van der Waals surface area contributed by atoms with Crippen molar-refractivity contribution in [1.82, 2.24) is 4.98 Å². The van der Waals surface area contributed by atoms with E-state index in [0.717, 1.165) is 29.1 Å². The fraction of sp³-hybridized carbons (Fsp3) is 0.118. The summed E-state index contributed by atoms with van der Waals surface area (Å²) in [5, 5.41) is 37.0. The van der Waals surface area contributed by atoms with E-state index < -0.39 is 33.2 Å². The van der Waals surface area contributed by atoms with Gasteiger partial charge >= 0.3 is 0 Å². The van der Waals surface area contributed by atoms with Gasteiger partial charge in [0.15, 0.2) is 0 Å². The van der Waals surface area contributed by atoms with Gasteiger partial charge in [0.2, 0.25) is 0 Å². The van der Waals surface area contributed by atoms with Crippen LogP contribution in [-0.4, -0.2) is 26.8 Å². The molecule has 0 unspecified atom stereocenters. The molecule has 1 atom stereocenters. The Hall–Kier alpha value is -3.95. The van der Waals surface area contributed by atoms with Gasteiger partial charge in [0.1, 0.15) is 5.69 Å². The number of non-ortho nitro benzene ring substituents is 1. The van der Waals surface area contributed by atoms with Gasteiger partial charge in [0, 0.05) is 29.6 Å². The smallest absolute Gasteiger partial charge is 0.299 e. The molecule has 0 fully saturated rings. The predicted molar refractivity (Wildman–Crippen MR) is 94.2 cm³/mol. The van der Waals surface area contributed by atoms with Crippen LogP contribution in [0.15, 0.2) is 48.7 Å². The number of anilines is 1. The number of benzene rings is 2. The lowest BCUT2D eigenvalue weighted by Gasteiger charge is -2.20. The molecule has 0 spiro atoms. The summed E-state index contributed by atoms with van der Waals surface area (Å²) < 4.78 is 0. The molecule has 3 aromatic rings. The van der Waals surface area contributed by atoms with Gasteiger partial charge in [-0.25, -0.2) is 0 Å². The zero-order chi connectivity index (χ0) is 19.6. The molecule has 10 heteroatoms. The highest BCUT2D eigenvalue weighted by atomic mass is 16.6. The van der Waals surface area contributed by atoms with Gasteiger partial charge in [0.25, 0.3) is 11.4 Å². The van der Waals surface area contributed by atoms with Gasteiger partial charge in [-0.15, -0.1) is 0 Å². The largest absolute Gasteiger partial charge is 0.548 e. The van der Waals surface area contributed by atoms with Crippen LogP contribution in [0.3, 0.4) is 0 Å². The summed E-state index contributed by atoms with van der Waals surface area (Å²) in [6.45, 7) is 0. The molecule has 2 N–H and O–H groups in total. The Balaban J connectivity index is 1.92. The fourth-order valence-electron chi connectivity index (χ4n) is 2.81. The van der Waals surface area contributed by atoms with Crippen LogP contribution in [0, 0.1) is 20.2 Å². The lowest BCUT2D eigenvalue weighted by Crippen LogP contribution is -2.42. The van der Waals surface area contributed by atoms with Crippen LogP contribution in [0.1, 0.15) is 5.56 Å². The van der Waals surface area contributed by atoms with Crippen LogP contribution < -0.4 is 10.4 Å². The molecule has 0 aliphatic carbocycles. The molecular weight excluding hydrogens is 356 g/mol. The minimum absolute atomic E-state index is 0.000485. The van der Waals surface area contributed by atoms with Crippen LogP contribution in [0.25, 0.3) is 10.9 Å². The summed E-state index contributed by atoms with van der Waals surface area (Å²) in [5.41, 5.74) is 0.325. The highest BCUT2D eigenvalue weighted by Crippen LogP contribution is 2.30. The topological polar surface area (TPSA) is 154 Å². The number of aromatic nitrogens is 1. The molecule has 138 valence electrons. The first-order valence-electron chi connectivity index (χ1n) is 7.82. The average molecular weight is 369 g/mol. The second-order valence-corrected chi connectivity index (χ2v) is 5.80. The summed E-state index contributed by atoms with van der Waals surface area (Å²) in [6, 6.07) is 8.97. The molecule has 0 aliphatic heterocycles. The van der Waals surface area contributed by atoms with Crippen molar-refractivity contribution in [1.29, 1.82) is 0 Å². The maximum Gasteiger partial charge on any atom is 0.299 e. The number of hydrogen-bond acceptors (Lipinski definition) is 7. The lowest BCUT2D eigenvalue weighted by molar-refractivity contribution is -0.393. The number of nitro benzene ring substituents is 2. The van der Waals surface area contributed by atoms with Crippen molar-refractivity contribution in [2.45, 2.75) is 12.5 Å². The lowest BCUT2D eigenvalue weighted by atomic mass is 10.0. The van der Waals surface area contributed by atoms with Crippen LogP contribution in [0.2, 0.25) is 0 Å².